The molecule has 0 saturated carbocycles. The maximum atomic E-state index is 11.3. The third-order valence-corrected chi connectivity index (χ3v) is 2.50. The second kappa shape index (κ2) is 3.66. The molecule has 0 aliphatic carbocycles. The van der Waals surface area contributed by atoms with Crippen LogP contribution in [-0.4, -0.2) is 17.9 Å². The Balaban J connectivity index is 2.29. The predicted octanol–water partition coefficient (Wildman–Crippen LogP) is 2.28. The van der Waals surface area contributed by atoms with Gasteiger partial charge in [-0.3, -0.25) is 4.79 Å². The largest absolute Gasteiger partial charge is 0.322 e. The summed E-state index contributed by atoms with van der Waals surface area (Å²) >= 11 is 0. The average molecular weight is 187 g/mol. The van der Waals surface area contributed by atoms with Crippen LogP contribution in [0.5, 0.6) is 0 Å². The van der Waals surface area contributed by atoms with E-state index in [0.29, 0.717) is 6.42 Å². The maximum Gasteiger partial charge on any atom is 0.226 e. The topological polar surface area (TPSA) is 20.3 Å². The van der Waals surface area contributed by atoms with Crippen LogP contribution in [-0.2, 0) is 4.79 Å². The van der Waals surface area contributed by atoms with Crippen molar-refractivity contribution in [1.29, 1.82) is 0 Å². The highest BCUT2D eigenvalue weighted by Crippen LogP contribution is 2.24. The lowest BCUT2D eigenvalue weighted by atomic mass is 9.99. The third kappa shape index (κ3) is 1.69. The molecule has 0 fully saturated rings. The minimum Gasteiger partial charge on any atom is -0.322 e. The van der Waals surface area contributed by atoms with Crippen LogP contribution < -0.4 is 0 Å². The Labute approximate surface area is 83.8 Å². The second-order valence-corrected chi connectivity index (χ2v) is 3.53. The molecule has 2 heteroatoms. The first-order chi connectivity index (χ1) is 6.77. The second-order valence-electron chi connectivity index (χ2n) is 3.53. The van der Waals surface area contributed by atoms with E-state index in [2.05, 4.69) is 12.1 Å². The molecule has 1 aromatic carbocycles. The highest BCUT2D eigenvalue weighted by molar-refractivity contribution is 5.84. The number of nitrogens with zero attached hydrogens (tertiary/aromatic N) is 1. The molecule has 0 aromatic heterocycles. The molecule has 0 N–H and O–H groups in total. The van der Waals surface area contributed by atoms with Gasteiger partial charge in [-0.25, -0.2) is 0 Å². The summed E-state index contributed by atoms with van der Waals surface area (Å²) < 4.78 is 0. The molecule has 1 heterocycles. The van der Waals surface area contributed by atoms with Gasteiger partial charge in [0.2, 0.25) is 5.91 Å². The minimum absolute atomic E-state index is 0.199. The van der Waals surface area contributed by atoms with Gasteiger partial charge in [-0.15, -0.1) is 0 Å². The fourth-order valence-corrected chi connectivity index (χ4v) is 1.66. The van der Waals surface area contributed by atoms with Gasteiger partial charge in [0.25, 0.3) is 0 Å². The molecule has 1 aromatic rings. The van der Waals surface area contributed by atoms with E-state index in [4.69, 9.17) is 0 Å². The number of amides is 1. The zero-order valence-corrected chi connectivity index (χ0v) is 8.23. The van der Waals surface area contributed by atoms with Gasteiger partial charge < -0.3 is 4.90 Å². The van der Waals surface area contributed by atoms with E-state index < -0.39 is 0 Å². The van der Waals surface area contributed by atoms with Crippen LogP contribution in [0.15, 0.2) is 36.5 Å². The Morgan fingerprint density at radius 3 is 2.50 bits per heavy atom. The zero-order valence-electron chi connectivity index (χ0n) is 8.23. The highest BCUT2D eigenvalue weighted by Gasteiger charge is 2.15. The summed E-state index contributed by atoms with van der Waals surface area (Å²) in [5.41, 5.74) is 2.46. The van der Waals surface area contributed by atoms with Gasteiger partial charge in [0.15, 0.2) is 0 Å². The summed E-state index contributed by atoms with van der Waals surface area (Å²) in [6.07, 6.45) is 3.41. The Bertz CT molecular complexity index is 367. The summed E-state index contributed by atoms with van der Waals surface area (Å²) in [5.74, 6) is 0.199. The van der Waals surface area contributed by atoms with Crippen LogP contribution >= 0.6 is 0 Å². The van der Waals surface area contributed by atoms with Crippen molar-refractivity contribution in [3.8, 4) is 0 Å². The highest BCUT2D eigenvalue weighted by atomic mass is 16.2. The maximum absolute atomic E-state index is 11.3. The van der Waals surface area contributed by atoms with E-state index in [9.17, 15) is 4.79 Å². The first-order valence-corrected chi connectivity index (χ1v) is 4.79. The summed E-state index contributed by atoms with van der Waals surface area (Å²) in [7, 11) is 1.81. The lowest BCUT2D eigenvalue weighted by Gasteiger charge is -2.20. The van der Waals surface area contributed by atoms with Gasteiger partial charge in [-0.2, -0.15) is 0 Å². The number of hydrogen-bond acceptors (Lipinski definition) is 1. The molecule has 0 radical (unpaired) electrons. The zero-order chi connectivity index (χ0) is 9.97. The van der Waals surface area contributed by atoms with Crippen molar-refractivity contribution in [2.45, 2.75) is 12.8 Å². The molecular weight excluding hydrogens is 174 g/mol. The number of carbonyl (C=O) groups is 1. The first kappa shape index (κ1) is 9.00. The van der Waals surface area contributed by atoms with E-state index in [1.165, 1.54) is 11.1 Å². The van der Waals surface area contributed by atoms with E-state index in [-0.39, 0.29) is 5.91 Å². The monoisotopic (exact) mass is 187 g/mol. The number of hydrogen-bond donors (Lipinski definition) is 0. The lowest BCUT2D eigenvalue weighted by Crippen LogP contribution is -2.24. The van der Waals surface area contributed by atoms with Crippen molar-refractivity contribution in [2.24, 2.45) is 0 Å². The molecule has 0 atom stereocenters. The van der Waals surface area contributed by atoms with Crippen molar-refractivity contribution >= 4 is 11.5 Å². The molecule has 2 nitrogen and oxygen atoms in total. The van der Waals surface area contributed by atoms with Crippen molar-refractivity contribution in [1.82, 2.24) is 4.90 Å². The normalized spacial score (nSPS) is 16.8. The predicted molar refractivity (Wildman–Crippen MR) is 56.4 cm³/mol. The Kier molecular flexibility index (Phi) is 2.35. The SMILES string of the molecule is CN1C=C(c2ccccc2)CCC1=O. The number of carbonyl (C=O) groups excluding carboxylic acids is 1. The standard InChI is InChI=1S/C12H13NO/c1-13-9-11(7-8-12(13)14)10-5-3-2-4-6-10/h2-6,9H,7-8H2,1H3. The summed E-state index contributed by atoms with van der Waals surface area (Å²) in [5, 5.41) is 0. The third-order valence-electron chi connectivity index (χ3n) is 2.50. The molecule has 2 rings (SSSR count). The van der Waals surface area contributed by atoms with Crippen LogP contribution in [0, 0.1) is 0 Å². The lowest BCUT2D eigenvalue weighted by molar-refractivity contribution is -0.127. The Hall–Kier alpha value is -1.57. The molecule has 1 aliphatic heterocycles. The van der Waals surface area contributed by atoms with Crippen LogP contribution in [0.2, 0.25) is 0 Å². The minimum atomic E-state index is 0.199. The number of benzene rings is 1. The van der Waals surface area contributed by atoms with Crippen LogP contribution in [0.1, 0.15) is 18.4 Å². The number of rotatable bonds is 1. The molecule has 1 aliphatic rings. The molecule has 14 heavy (non-hydrogen) atoms. The fraction of sp³-hybridized carbons (Fsp3) is 0.250. The van der Waals surface area contributed by atoms with Gasteiger partial charge in [0.1, 0.15) is 0 Å². The molecule has 0 bridgehead atoms. The van der Waals surface area contributed by atoms with Gasteiger partial charge in [0.05, 0.1) is 0 Å². The Morgan fingerprint density at radius 1 is 1.14 bits per heavy atom. The van der Waals surface area contributed by atoms with E-state index in [1.54, 1.807) is 4.90 Å². The Morgan fingerprint density at radius 2 is 1.86 bits per heavy atom. The summed E-state index contributed by atoms with van der Waals surface area (Å²) in [6.45, 7) is 0. The van der Waals surface area contributed by atoms with Crippen molar-refractivity contribution < 1.29 is 4.79 Å². The molecule has 1 amide bonds. The molecule has 0 unspecified atom stereocenters. The van der Waals surface area contributed by atoms with Gasteiger partial charge in [-0.1, -0.05) is 30.3 Å². The van der Waals surface area contributed by atoms with Crippen molar-refractivity contribution in [3.05, 3.63) is 42.1 Å². The van der Waals surface area contributed by atoms with Gasteiger partial charge in [0, 0.05) is 19.7 Å². The van der Waals surface area contributed by atoms with Crippen LogP contribution in [0.25, 0.3) is 5.57 Å². The molecule has 72 valence electrons. The average Bonchev–Trinajstić information content (AvgIpc) is 2.23. The van der Waals surface area contributed by atoms with E-state index >= 15 is 0 Å². The van der Waals surface area contributed by atoms with E-state index in [1.807, 2.05) is 31.4 Å². The van der Waals surface area contributed by atoms with Crippen molar-refractivity contribution in [2.75, 3.05) is 7.05 Å². The smallest absolute Gasteiger partial charge is 0.226 e. The van der Waals surface area contributed by atoms with Crippen LogP contribution in [0.4, 0.5) is 0 Å². The van der Waals surface area contributed by atoms with Crippen molar-refractivity contribution in [3.63, 3.8) is 0 Å². The first-order valence-electron chi connectivity index (χ1n) is 4.79. The van der Waals surface area contributed by atoms with Gasteiger partial charge in [-0.05, 0) is 17.6 Å². The molecule has 0 saturated heterocycles. The summed E-state index contributed by atoms with van der Waals surface area (Å²) in [6, 6.07) is 10.2. The quantitative estimate of drug-likeness (QED) is 0.660. The van der Waals surface area contributed by atoms with Crippen LogP contribution in [0.3, 0.4) is 0 Å². The number of allylic oxidation sites excluding steroid dienone is 1. The van der Waals surface area contributed by atoms with E-state index in [0.717, 1.165) is 6.42 Å². The fourth-order valence-electron chi connectivity index (χ4n) is 1.66. The summed E-state index contributed by atoms with van der Waals surface area (Å²) in [4.78, 5) is 12.9. The van der Waals surface area contributed by atoms with Gasteiger partial charge >= 0.3 is 0 Å². The molecular formula is C12H13NO. The molecule has 0 spiro atoms.